The number of aromatic amines is 1. The number of aromatic nitrogens is 1. The summed E-state index contributed by atoms with van der Waals surface area (Å²) in [7, 11) is 0. The number of rotatable bonds is 2. The molecule has 1 heterocycles. The third kappa shape index (κ3) is 2.16. The maximum atomic E-state index is 12.1. The molecule has 0 radical (unpaired) electrons. The molecule has 0 unspecified atom stereocenters. The molecule has 0 spiro atoms. The van der Waals surface area contributed by atoms with E-state index >= 15 is 0 Å². The van der Waals surface area contributed by atoms with Gasteiger partial charge in [-0.1, -0.05) is 36.4 Å². The van der Waals surface area contributed by atoms with E-state index in [1.54, 1.807) is 0 Å². The Bertz CT molecular complexity index is 776. The Hall–Kier alpha value is -2.39. The van der Waals surface area contributed by atoms with E-state index in [1.165, 1.54) is 0 Å². The van der Waals surface area contributed by atoms with Crippen LogP contribution in [0.1, 0.15) is 5.56 Å². The van der Waals surface area contributed by atoms with Gasteiger partial charge in [-0.25, -0.2) is 0 Å². The highest BCUT2D eigenvalue weighted by Crippen LogP contribution is 2.20. The molecule has 0 saturated carbocycles. The first kappa shape index (κ1) is 11.7. The van der Waals surface area contributed by atoms with Gasteiger partial charge in [0.15, 0.2) is 0 Å². The normalized spacial score (nSPS) is 10.8. The molecule has 0 aliphatic rings. The van der Waals surface area contributed by atoms with Gasteiger partial charge >= 0.3 is 0 Å². The van der Waals surface area contributed by atoms with Crippen LogP contribution in [0.4, 0.5) is 0 Å². The van der Waals surface area contributed by atoms with Crippen LogP contribution in [-0.2, 0) is 6.54 Å². The summed E-state index contributed by atoms with van der Waals surface area (Å²) in [5.41, 5.74) is 9.07. The van der Waals surface area contributed by atoms with Crippen LogP contribution in [0.5, 0.6) is 0 Å². The molecular weight excluding hydrogens is 236 g/mol. The van der Waals surface area contributed by atoms with E-state index in [0.717, 1.165) is 22.0 Å². The van der Waals surface area contributed by atoms with Crippen molar-refractivity contribution in [2.24, 2.45) is 5.73 Å². The monoisotopic (exact) mass is 250 g/mol. The molecule has 0 fully saturated rings. The van der Waals surface area contributed by atoms with Crippen LogP contribution in [0, 0.1) is 0 Å². The average molecular weight is 250 g/mol. The minimum absolute atomic E-state index is 0.0702. The fraction of sp³-hybridized carbons (Fsp3) is 0.0625. The lowest BCUT2D eigenvalue weighted by Crippen LogP contribution is -2.08. The van der Waals surface area contributed by atoms with Crippen LogP contribution in [0.3, 0.4) is 0 Å². The largest absolute Gasteiger partial charge is 0.326 e. The average Bonchev–Trinajstić information content (AvgIpc) is 2.47. The van der Waals surface area contributed by atoms with E-state index in [0.29, 0.717) is 12.1 Å². The summed E-state index contributed by atoms with van der Waals surface area (Å²) in [6.07, 6.45) is 0. The number of hydrogen-bond acceptors (Lipinski definition) is 2. The molecule has 0 bridgehead atoms. The SMILES string of the molecule is NCc1ccc2[nH]c(=O)c(-c3ccccc3)cc2c1. The van der Waals surface area contributed by atoms with Gasteiger partial charge in [-0.3, -0.25) is 4.79 Å². The topological polar surface area (TPSA) is 58.9 Å². The van der Waals surface area contributed by atoms with Crippen LogP contribution in [0.2, 0.25) is 0 Å². The van der Waals surface area contributed by atoms with E-state index in [1.807, 2.05) is 54.6 Å². The first-order chi connectivity index (χ1) is 9.28. The van der Waals surface area contributed by atoms with Gasteiger partial charge in [0.25, 0.3) is 5.56 Å². The summed E-state index contributed by atoms with van der Waals surface area (Å²) >= 11 is 0. The van der Waals surface area contributed by atoms with Gasteiger partial charge in [0.05, 0.1) is 0 Å². The van der Waals surface area contributed by atoms with Gasteiger partial charge in [-0.15, -0.1) is 0 Å². The fourth-order valence-electron chi connectivity index (χ4n) is 2.22. The predicted octanol–water partition coefficient (Wildman–Crippen LogP) is 2.65. The van der Waals surface area contributed by atoms with Crippen LogP contribution in [-0.4, -0.2) is 4.98 Å². The number of hydrogen-bond donors (Lipinski definition) is 2. The van der Waals surface area contributed by atoms with E-state index < -0.39 is 0 Å². The molecule has 0 amide bonds. The Labute approximate surface area is 110 Å². The molecule has 0 aliphatic heterocycles. The van der Waals surface area contributed by atoms with E-state index in [-0.39, 0.29) is 5.56 Å². The predicted molar refractivity (Wildman–Crippen MR) is 77.9 cm³/mol. The molecule has 3 nitrogen and oxygen atoms in total. The Morgan fingerprint density at radius 1 is 1.00 bits per heavy atom. The highest BCUT2D eigenvalue weighted by atomic mass is 16.1. The molecule has 94 valence electrons. The van der Waals surface area contributed by atoms with E-state index in [2.05, 4.69) is 4.98 Å². The highest BCUT2D eigenvalue weighted by molar-refractivity contribution is 5.84. The molecule has 3 rings (SSSR count). The van der Waals surface area contributed by atoms with Crippen molar-refractivity contribution in [2.45, 2.75) is 6.54 Å². The number of benzene rings is 2. The summed E-state index contributed by atoms with van der Waals surface area (Å²) in [6, 6.07) is 17.4. The minimum Gasteiger partial charge on any atom is -0.326 e. The molecular formula is C16H14N2O. The summed E-state index contributed by atoms with van der Waals surface area (Å²) in [6.45, 7) is 0.496. The van der Waals surface area contributed by atoms with Gasteiger partial charge in [0.2, 0.25) is 0 Å². The summed E-state index contributed by atoms with van der Waals surface area (Å²) in [4.78, 5) is 15.0. The zero-order valence-electron chi connectivity index (χ0n) is 10.4. The van der Waals surface area contributed by atoms with Crippen molar-refractivity contribution in [2.75, 3.05) is 0 Å². The van der Waals surface area contributed by atoms with Crippen molar-refractivity contribution >= 4 is 10.9 Å². The second-order valence-corrected chi connectivity index (χ2v) is 4.50. The summed E-state index contributed by atoms with van der Waals surface area (Å²) < 4.78 is 0. The molecule has 3 N–H and O–H groups in total. The van der Waals surface area contributed by atoms with Gasteiger partial charge < -0.3 is 10.7 Å². The van der Waals surface area contributed by atoms with Crippen molar-refractivity contribution < 1.29 is 0 Å². The molecule has 3 aromatic rings. The Morgan fingerprint density at radius 3 is 2.53 bits per heavy atom. The van der Waals surface area contributed by atoms with Crippen LogP contribution in [0.25, 0.3) is 22.0 Å². The van der Waals surface area contributed by atoms with Gasteiger partial charge in [0.1, 0.15) is 0 Å². The van der Waals surface area contributed by atoms with Gasteiger partial charge in [-0.2, -0.15) is 0 Å². The van der Waals surface area contributed by atoms with Crippen molar-refractivity contribution in [3.05, 3.63) is 70.5 Å². The molecule has 3 heteroatoms. The quantitative estimate of drug-likeness (QED) is 0.734. The first-order valence-corrected chi connectivity index (χ1v) is 6.19. The molecule has 0 saturated heterocycles. The maximum absolute atomic E-state index is 12.1. The van der Waals surface area contributed by atoms with Crippen LogP contribution >= 0.6 is 0 Å². The fourth-order valence-corrected chi connectivity index (χ4v) is 2.22. The molecule has 19 heavy (non-hydrogen) atoms. The van der Waals surface area contributed by atoms with E-state index in [9.17, 15) is 4.79 Å². The Kier molecular flexibility index (Phi) is 2.89. The third-order valence-corrected chi connectivity index (χ3v) is 3.23. The van der Waals surface area contributed by atoms with Crippen molar-refractivity contribution in [1.29, 1.82) is 0 Å². The number of pyridine rings is 1. The number of fused-ring (bicyclic) bond motifs is 1. The highest BCUT2D eigenvalue weighted by Gasteiger charge is 2.05. The van der Waals surface area contributed by atoms with Crippen molar-refractivity contribution in [3.63, 3.8) is 0 Å². The third-order valence-electron chi connectivity index (χ3n) is 3.23. The second-order valence-electron chi connectivity index (χ2n) is 4.50. The lowest BCUT2D eigenvalue weighted by atomic mass is 10.0. The van der Waals surface area contributed by atoms with Gasteiger partial charge in [-0.05, 0) is 34.7 Å². The zero-order valence-corrected chi connectivity index (χ0v) is 10.4. The van der Waals surface area contributed by atoms with E-state index in [4.69, 9.17) is 5.73 Å². The van der Waals surface area contributed by atoms with Crippen LogP contribution < -0.4 is 11.3 Å². The number of nitrogens with two attached hydrogens (primary N) is 1. The lowest BCUT2D eigenvalue weighted by Gasteiger charge is -2.05. The Balaban J connectivity index is 2.26. The molecule has 0 aliphatic carbocycles. The summed E-state index contributed by atoms with van der Waals surface area (Å²) in [5.74, 6) is 0. The summed E-state index contributed by atoms with van der Waals surface area (Å²) in [5, 5.41) is 1.00. The molecule has 2 aromatic carbocycles. The maximum Gasteiger partial charge on any atom is 0.256 e. The second kappa shape index (κ2) is 4.71. The molecule has 1 aromatic heterocycles. The minimum atomic E-state index is -0.0702. The van der Waals surface area contributed by atoms with Crippen molar-refractivity contribution in [3.8, 4) is 11.1 Å². The Morgan fingerprint density at radius 2 is 1.79 bits per heavy atom. The van der Waals surface area contributed by atoms with Crippen LogP contribution in [0.15, 0.2) is 59.4 Å². The number of H-pyrrole nitrogens is 1. The first-order valence-electron chi connectivity index (χ1n) is 6.19. The zero-order chi connectivity index (χ0) is 13.2. The van der Waals surface area contributed by atoms with Gasteiger partial charge in [0, 0.05) is 17.6 Å². The van der Waals surface area contributed by atoms with Crippen molar-refractivity contribution in [1.82, 2.24) is 4.98 Å². The smallest absolute Gasteiger partial charge is 0.256 e. The number of nitrogens with one attached hydrogen (secondary N) is 1. The molecule has 0 atom stereocenters. The lowest BCUT2D eigenvalue weighted by molar-refractivity contribution is 1.07. The standard InChI is InChI=1S/C16H14N2O/c17-10-11-6-7-15-13(8-11)9-14(16(19)18-15)12-4-2-1-3-5-12/h1-9H,10,17H2,(H,18,19).